The molecule has 0 aliphatic carbocycles. The van der Waals surface area contributed by atoms with E-state index in [4.69, 9.17) is 9.47 Å². The summed E-state index contributed by atoms with van der Waals surface area (Å²) in [6, 6.07) is 11.5. The molecule has 4 heteroatoms. The van der Waals surface area contributed by atoms with E-state index in [-0.39, 0.29) is 5.91 Å². The average Bonchev–Trinajstić information content (AvgIpc) is 2.55. The van der Waals surface area contributed by atoms with E-state index in [1.165, 1.54) is 0 Å². The van der Waals surface area contributed by atoms with Crippen molar-refractivity contribution in [3.05, 3.63) is 58.7 Å². The van der Waals surface area contributed by atoms with Crippen molar-refractivity contribution in [1.82, 2.24) is 0 Å². The molecule has 26 heavy (non-hydrogen) atoms. The molecule has 140 valence electrons. The molecule has 0 spiro atoms. The smallest absolute Gasteiger partial charge is 0.255 e. The summed E-state index contributed by atoms with van der Waals surface area (Å²) >= 11 is 0. The highest BCUT2D eigenvalue weighted by molar-refractivity contribution is 6.04. The molecule has 0 aliphatic rings. The van der Waals surface area contributed by atoms with Gasteiger partial charge in [-0.1, -0.05) is 19.9 Å². The van der Waals surface area contributed by atoms with Crippen molar-refractivity contribution in [3.8, 4) is 5.75 Å². The van der Waals surface area contributed by atoms with Crippen molar-refractivity contribution < 1.29 is 14.3 Å². The van der Waals surface area contributed by atoms with Gasteiger partial charge in [-0.2, -0.15) is 0 Å². The highest BCUT2D eigenvalue weighted by Gasteiger charge is 2.12. The van der Waals surface area contributed by atoms with Gasteiger partial charge < -0.3 is 14.8 Å². The van der Waals surface area contributed by atoms with E-state index in [2.05, 4.69) is 25.2 Å². The van der Waals surface area contributed by atoms with Crippen molar-refractivity contribution in [2.75, 3.05) is 18.5 Å². The van der Waals surface area contributed by atoms with Gasteiger partial charge in [0.05, 0.1) is 13.2 Å². The Morgan fingerprint density at radius 1 is 1.08 bits per heavy atom. The lowest BCUT2D eigenvalue weighted by Gasteiger charge is -2.14. The lowest BCUT2D eigenvalue weighted by Crippen LogP contribution is -2.13. The van der Waals surface area contributed by atoms with E-state index >= 15 is 0 Å². The molecule has 1 N–H and O–H groups in total. The molecule has 2 aromatic carbocycles. The summed E-state index contributed by atoms with van der Waals surface area (Å²) in [4.78, 5) is 12.6. The zero-order valence-electron chi connectivity index (χ0n) is 16.4. The summed E-state index contributed by atoms with van der Waals surface area (Å²) in [6.07, 6.45) is 0. The molecule has 0 fully saturated rings. The van der Waals surface area contributed by atoms with E-state index in [0.717, 1.165) is 28.1 Å². The summed E-state index contributed by atoms with van der Waals surface area (Å²) in [5.74, 6) is 1.09. The fraction of sp³-hybridized carbons (Fsp3) is 0.409. The lowest BCUT2D eigenvalue weighted by molar-refractivity contribution is 0.0948. The number of hydrogen-bond acceptors (Lipinski definition) is 3. The quantitative estimate of drug-likeness (QED) is 0.714. The fourth-order valence-electron chi connectivity index (χ4n) is 2.78. The van der Waals surface area contributed by atoms with Crippen LogP contribution in [0.2, 0.25) is 0 Å². The number of hydrogen-bond donors (Lipinski definition) is 1. The zero-order chi connectivity index (χ0) is 19.1. The molecule has 1 amide bonds. The molecule has 0 saturated carbocycles. The molecular weight excluding hydrogens is 326 g/mol. The molecule has 0 heterocycles. The summed E-state index contributed by atoms with van der Waals surface area (Å²) in [6.45, 7) is 11.9. The molecule has 0 unspecified atom stereocenters. The second kappa shape index (κ2) is 9.39. The van der Waals surface area contributed by atoms with E-state index in [0.29, 0.717) is 31.3 Å². The van der Waals surface area contributed by atoms with Crippen LogP contribution in [0.25, 0.3) is 0 Å². The molecule has 2 rings (SSSR count). The SMILES string of the molecule is CCOc1ccc(C(=O)Nc2cc(C)cc(C)c2)cc1COCC(C)C. The first-order valence-electron chi connectivity index (χ1n) is 9.12. The van der Waals surface area contributed by atoms with Crippen LogP contribution < -0.4 is 10.1 Å². The monoisotopic (exact) mass is 355 g/mol. The second-order valence-corrected chi connectivity index (χ2v) is 7.00. The molecule has 0 radical (unpaired) electrons. The first-order chi connectivity index (χ1) is 12.4. The van der Waals surface area contributed by atoms with Crippen molar-refractivity contribution in [3.63, 3.8) is 0 Å². The van der Waals surface area contributed by atoms with Gasteiger partial charge in [-0.05, 0) is 68.1 Å². The summed E-state index contributed by atoms with van der Waals surface area (Å²) in [5.41, 5.74) is 4.53. The Kier molecular flexibility index (Phi) is 7.22. The molecule has 0 atom stereocenters. The Labute approximate surface area is 156 Å². The van der Waals surface area contributed by atoms with Crippen LogP contribution >= 0.6 is 0 Å². The molecule has 0 bridgehead atoms. The third kappa shape index (κ3) is 5.88. The van der Waals surface area contributed by atoms with Crippen LogP contribution in [0.4, 0.5) is 5.69 Å². The molecule has 0 aliphatic heterocycles. The summed E-state index contributed by atoms with van der Waals surface area (Å²) < 4.78 is 11.4. The summed E-state index contributed by atoms with van der Waals surface area (Å²) in [5, 5.41) is 2.97. The van der Waals surface area contributed by atoms with Crippen molar-refractivity contribution in [2.45, 2.75) is 41.2 Å². The van der Waals surface area contributed by atoms with E-state index in [9.17, 15) is 4.79 Å². The van der Waals surface area contributed by atoms with Crippen LogP contribution in [-0.2, 0) is 11.3 Å². The van der Waals surface area contributed by atoms with E-state index < -0.39 is 0 Å². The summed E-state index contributed by atoms with van der Waals surface area (Å²) in [7, 11) is 0. The maximum atomic E-state index is 12.6. The number of amides is 1. The number of ether oxygens (including phenoxy) is 2. The highest BCUT2D eigenvalue weighted by Crippen LogP contribution is 2.23. The average molecular weight is 355 g/mol. The largest absolute Gasteiger partial charge is 0.494 e. The third-order valence-electron chi connectivity index (χ3n) is 3.81. The molecular formula is C22H29NO3. The Balaban J connectivity index is 2.17. The number of nitrogens with one attached hydrogen (secondary N) is 1. The number of rotatable bonds is 8. The second-order valence-electron chi connectivity index (χ2n) is 7.00. The Morgan fingerprint density at radius 3 is 2.38 bits per heavy atom. The van der Waals surface area contributed by atoms with E-state index in [1.807, 2.05) is 45.0 Å². The van der Waals surface area contributed by atoms with Crippen LogP contribution in [0.3, 0.4) is 0 Å². The van der Waals surface area contributed by atoms with Gasteiger partial charge in [-0.3, -0.25) is 4.79 Å². The highest BCUT2D eigenvalue weighted by atomic mass is 16.5. The molecule has 2 aromatic rings. The van der Waals surface area contributed by atoms with E-state index in [1.54, 1.807) is 6.07 Å². The minimum absolute atomic E-state index is 0.136. The van der Waals surface area contributed by atoms with Gasteiger partial charge in [0.2, 0.25) is 0 Å². The normalized spacial score (nSPS) is 10.8. The van der Waals surface area contributed by atoms with Crippen LogP contribution in [0.5, 0.6) is 5.75 Å². The first-order valence-corrected chi connectivity index (χ1v) is 9.12. The van der Waals surface area contributed by atoms with Crippen molar-refractivity contribution >= 4 is 11.6 Å². The number of carbonyl (C=O) groups is 1. The Morgan fingerprint density at radius 2 is 1.77 bits per heavy atom. The van der Waals surface area contributed by atoms with Crippen LogP contribution in [0.15, 0.2) is 36.4 Å². The lowest BCUT2D eigenvalue weighted by atomic mass is 10.1. The van der Waals surface area contributed by atoms with Crippen LogP contribution in [0.1, 0.15) is 47.8 Å². The van der Waals surface area contributed by atoms with Gasteiger partial charge in [0, 0.05) is 23.4 Å². The fourth-order valence-corrected chi connectivity index (χ4v) is 2.78. The number of anilines is 1. The predicted octanol–water partition coefficient (Wildman–Crippen LogP) is 5.13. The first kappa shape index (κ1) is 20.0. The van der Waals surface area contributed by atoms with Crippen LogP contribution in [0, 0.1) is 19.8 Å². The maximum absolute atomic E-state index is 12.6. The number of carbonyl (C=O) groups excluding carboxylic acids is 1. The van der Waals surface area contributed by atoms with Crippen molar-refractivity contribution in [2.24, 2.45) is 5.92 Å². The topological polar surface area (TPSA) is 47.6 Å². The van der Waals surface area contributed by atoms with Gasteiger partial charge in [-0.15, -0.1) is 0 Å². The Bertz CT molecular complexity index is 733. The number of aryl methyl sites for hydroxylation is 2. The predicted molar refractivity (Wildman–Crippen MR) is 106 cm³/mol. The minimum Gasteiger partial charge on any atom is -0.494 e. The standard InChI is InChI=1S/C22H29NO3/c1-6-26-21-8-7-18(12-19(21)14-25-13-15(2)3)22(24)23-20-10-16(4)9-17(5)11-20/h7-12,15H,6,13-14H2,1-5H3,(H,23,24). The van der Waals surface area contributed by atoms with Gasteiger partial charge in [0.1, 0.15) is 5.75 Å². The Hall–Kier alpha value is -2.33. The van der Waals surface area contributed by atoms with Crippen molar-refractivity contribution in [1.29, 1.82) is 0 Å². The third-order valence-corrected chi connectivity index (χ3v) is 3.81. The zero-order valence-corrected chi connectivity index (χ0v) is 16.4. The van der Waals surface area contributed by atoms with Gasteiger partial charge in [0.25, 0.3) is 5.91 Å². The molecule has 0 aromatic heterocycles. The minimum atomic E-state index is -0.136. The van der Waals surface area contributed by atoms with Gasteiger partial charge in [0.15, 0.2) is 0 Å². The molecule has 0 saturated heterocycles. The van der Waals surface area contributed by atoms with Gasteiger partial charge >= 0.3 is 0 Å². The van der Waals surface area contributed by atoms with Gasteiger partial charge in [-0.25, -0.2) is 0 Å². The van der Waals surface area contributed by atoms with Crippen LogP contribution in [-0.4, -0.2) is 19.1 Å². The maximum Gasteiger partial charge on any atom is 0.255 e. The number of benzene rings is 2. The molecule has 4 nitrogen and oxygen atoms in total.